The Balaban J connectivity index is 0.000000145. The van der Waals surface area contributed by atoms with Crippen LogP contribution in [0.1, 0.15) is 129 Å². The summed E-state index contributed by atoms with van der Waals surface area (Å²) in [6.07, 6.45) is 19.0. The molecule has 0 aliphatic carbocycles. The van der Waals surface area contributed by atoms with E-state index in [9.17, 15) is 63.9 Å². The fourth-order valence-electron chi connectivity index (χ4n) is 15.4. The van der Waals surface area contributed by atoms with Crippen LogP contribution >= 0.6 is 85.5 Å². The lowest BCUT2D eigenvalue weighted by Gasteiger charge is -2.38. The Morgan fingerprint density at radius 3 is 1.09 bits per heavy atom. The summed E-state index contributed by atoms with van der Waals surface area (Å²) in [6.45, 7) is 8.79. The van der Waals surface area contributed by atoms with Gasteiger partial charge in [0.2, 0.25) is 5.91 Å². The van der Waals surface area contributed by atoms with Crippen LogP contribution in [0.3, 0.4) is 0 Å². The topological polar surface area (TPSA) is 358 Å². The summed E-state index contributed by atoms with van der Waals surface area (Å²) >= 11 is 38.1. The third kappa shape index (κ3) is 26.8. The van der Waals surface area contributed by atoms with E-state index in [1.807, 2.05) is 24.3 Å². The van der Waals surface area contributed by atoms with E-state index in [0.29, 0.717) is 101 Å². The third-order valence-electron chi connectivity index (χ3n) is 23.5. The molecule has 140 heavy (non-hydrogen) atoms. The normalized spacial score (nSPS) is 19.1. The molecular weight excluding hydrogens is 2020 g/mol. The number of rotatable bonds is 17. The standard InChI is InChI=1S/C26H22ClF2N5O3.C19H17ClF2N2O2.C18H16ClF2N3O2.C16H22BClO3.C9H7BrF2N2O.C8H8N2O2.CH2Cl2/c27-20-9-17(21-4-3-16(11-31-21)25(36)34-13-26(28,29)14-34)7-18-8-19(37-24(18)20)12-33-23(35)6-2-15-1-5-22(30)32-10-15;1-2-14-6-13-5-12(7-15(20)17(13)26-14)16-4-3-11(8-23-16)18(25)24-9-19(21,22)10-24;19-14-5-11(3-12-4-13(6-22)26-16(12)14)15-2-1-10(7-23-15)17(25)24-8-18(20,21)9-24;1-6-12-8-10-7-11(9-13(18)14(10)19-12)17-20-15(2,3)16(4,5)21-17;10-7-2-1-6(3-13-7)8(15)14-4-9(11,12)5-14;9-7-3-1-6(5-10-7)2-4-8(11)12;2-1-3/h1-7,9-11,19H,8,12-14H2,(H2,30,32)(H,33,35);3-5,7-8,14H,2,6,9-10H2,1H3;1-3,5,7,13H,4,6,8-9,22H2;7,9,12H,6,8H2,1-5H3;1-3H,4-5H2;1-5H,(H2,9,10)(H,11,12);1H2/b6-2+;;;;;4-2+;. The van der Waals surface area contributed by atoms with Crippen molar-refractivity contribution in [2.75, 3.05) is 82.3 Å². The highest BCUT2D eigenvalue weighted by Crippen LogP contribution is 2.46. The van der Waals surface area contributed by atoms with E-state index in [0.717, 1.165) is 113 Å². The molecule has 9 aliphatic rings. The molecular formula is C97H94BBrCl6F8N14O13. The number of benzene rings is 4. The zero-order valence-corrected chi connectivity index (χ0v) is 82.1. The number of amides is 5. The fraction of sp³-hybridized carbons (Fsp3) is 0.340. The SMILES string of the molecule is CCC1Cc2cc(-c3ccc(C(=O)N4CC(F)(F)C4)cn3)cc(Cl)c2O1.CCC1Cc2cc(B3OC(C)(C)C(C)(C)O3)cc(Cl)c2O1.ClCCl.NCC1Cc2cc(-c3ccc(C(=O)N4CC(F)(F)C4)cn3)cc(Cl)c2O1.Nc1ccc(/C=C/C(=O)NCC2Cc3cc(-c4ccc(C(=O)N5CC(F)(F)C5)cn4)cc(Cl)c3O2)cn1.Nc1ccc(/C=C/C(=O)O)cn1.O=C(c1ccc(Br)nc1)N1CC(F)(F)C1. The Bertz CT molecular complexity index is 6090. The van der Waals surface area contributed by atoms with Gasteiger partial charge < -0.3 is 75.5 Å². The third-order valence-corrected chi connectivity index (χ3v) is 25.1. The number of aliphatic carboxylic acids is 1. The molecule has 9 aliphatic heterocycles. The predicted octanol–water partition coefficient (Wildman–Crippen LogP) is 18.0. The van der Waals surface area contributed by atoms with Gasteiger partial charge in [0.05, 0.1) is 135 Å². The number of hydrogen-bond acceptors (Lipinski definition) is 21. The van der Waals surface area contributed by atoms with Crippen LogP contribution in [0, 0.1) is 0 Å². The van der Waals surface area contributed by atoms with E-state index in [1.54, 1.807) is 103 Å². The number of carboxylic acids is 1. The number of nitrogen functional groups attached to an aromatic ring is 2. The van der Waals surface area contributed by atoms with Crippen molar-refractivity contribution in [3.63, 3.8) is 0 Å². The number of ether oxygens (including phenoxy) is 4. The summed E-state index contributed by atoms with van der Waals surface area (Å²) in [6, 6.07) is 34.8. The van der Waals surface area contributed by atoms with E-state index in [-0.39, 0.29) is 71.7 Å². The molecule has 15 heterocycles. The van der Waals surface area contributed by atoms with Gasteiger partial charge in [0, 0.05) is 115 Å². The molecule has 8 N–H and O–H groups in total. The summed E-state index contributed by atoms with van der Waals surface area (Å²) in [7, 11) is -0.376. The number of hydrogen-bond donors (Lipinski definition) is 5. The van der Waals surface area contributed by atoms with Crippen molar-refractivity contribution in [2.24, 2.45) is 5.73 Å². The predicted molar refractivity (Wildman–Crippen MR) is 521 cm³/mol. The minimum absolute atomic E-state index is 0.0830. The molecule has 0 saturated carbocycles. The van der Waals surface area contributed by atoms with Gasteiger partial charge in [-0.2, -0.15) is 0 Å². The summed E-state index contributed by atoms with van der Waals surface area (Å²) in [4.78, 5) is 99.5. The molecule has 4 unspecified atom stereocenters. The highest BCUT2D eigenvalue weighted by molar-refractivity contribution is 9.10. The number of alkyl halides is 10. The monoisotopic (exact) mass is 2110 g/mol. The van der Waals surface area contributed by atoms with E-state index < -0.39 is 106 Å². The summed E-state index contributed by atoms with van der Waals surface area (Å²) in [5.41, 5.74) is 27.7. The van der Waals surface area contributed by atoms with Crippen LogP contribution in [0.5, 0.6) is 23.0 Å². The van der Waals surface area contributed by atoms with Gasteiger partial charge in [0.15, 0.2) is 0 Å². The maximum absolute atomic E-state index is 13.1. The molecule has 4 aromatic carbocycles. The van der Waals surface area contributed by atoms with Gasteiger partial charge in [-0.15, -0.1) is 23.2 Å². The lowest BCUT2D eigenvalue weighted by molar-refractivity contribution is -0.131. The summed E-state index contributed by atoms with van der Waals surface area (Å²) < 4.78 is 139. The molecule has 5 amide bonds. The summed E-state index contributed by atoms with van der Waals surface area (Å²) in [5, 5.41) is 13.4. The molecule has 5 saturated heterocycles. The maximum atomic E-state index is 13.1. The number of aromatic nitrogens is 6. The second-order valence-corrected chi connectivity index (χ2v) is 38.1. The van der Waals surface area contributed by atoms with Crippen molar-refractivity contribution >= 4 is 157 Å². The lowest BCUT2D eigenvalue weighted by atomic mass is 9.78. The highest BCUT2D eigenvalue weighted by atomic mass is 79.9. The van der Waals surface area contributed by atoms with E-state index in [2.05, 4.69) is 98.8 Å². The van der Waals surface area contributed by atoms with Crippen molar-refractivity contribution in [1.82, 2.24) is 54.8 Å². The van der Waals surface area contributed by atoms with Crippen molar-refractivity contribution < 1.29 is 97.3 Å². The minimum Gasteiger partial charge on any atom is -0.488 e. The van der Waals surface area contributed by atoms with Crippen LogP contribution in [0.15, 0.2) is 175 Å². The van der Waals surface area contributed by atoms with E-state index in [1.165, 1.54) is 43.1 Å². The van der Waals surface area contributed by atoms with Gasteiger partial charge >= 0.3 is 13.1 Å². The highest BCUT2D eigenvalue weighted by Gasteiger charge is 2.53. The molecule has 0 spiro atoms. The largest absolute Gasteiger partial charge is 0.494 e. The maximum Gasteiger partial charge on any atom is 0.494 e. The van der Waals surface area contributed by atoms with Gasteiger partial charge in [-0.25, -0.2) is 54.9 Å². The van der Waals surface area contributed by atoms with E-state index >= 15 is 0 Å². The quantitative estimate of drug-likeness (QED) is 0.0186. The Kier molecular flexibility index (Phi) is 33.8. The average Bonchev–Trinajstić information content (AvgIpc) is 1.60. The molecule has 19 rings (SSSR count). The van der Waals surface area contributed by atoms with Crippen molar-refractivity contribution in [3.05, 3.63) is 251 Å². The van der Waals surface area contributed by atoms with Crippen LogP contribution in [0.2, 0.25) is 20.1 Å². The zero-order chi connectivity index (χ0) is 101. The van der Waals surface area contributed by atoms with Crippen LogP contribution in [0.25, 0.3) is 45.9 Å². The number of nitrogens with zero attached hydrogens (tertiary/aromatic N) is 10. The van der Waals surface area contributed by atoms with Crippen molar-refractivity contribution in [2.45, 2.75) is 139 Å². The smallest absolute Gasteiger partial charge is 0.488 e. The molecule has 738 valence electrons. The number of carbonyl (C=O) groups is 6. The lowest BCUT2D eigenvalue weighted by Crippen LogP contribution is -2.58. The van der Waals surface area contributed by atoms with Gasteiger partial charge in [0.1, 0.15) is 63.7 Å². The zero-order valence-electron chi connectivity index (χ0n) is 75.9. The molecule has 0 bridgehead atoms. The number of nitrogens with two attached hydrogens (primary N) is 3. The van der Waals surface area contributed by atoms with Gasteiger partial charge in [-0.05, 0) is 206 Å². The molecule has 4 atom stereocenters. The number of fused-ring (bicyclic) bond motifs is 4. The number of likely N-dealkylation sites (tertiary alicyclic amines) is 4. The number of carbonyl (C=O) groups excluding carboxylic acids is 5. The molecule has 43 heteroatoms. The Labute approximate surface area is 839 Å². The first-order chi connectivity index (χ1) is 66.2. The second-order valence-electron chi connectivity index (χ2n) is 34.9. The van der Waals surface area contributed by atoms with Crippen LogP contribution < -0.4 is 46.9 Å². The fourth-order valence-corrected chi connectivity index (χ4v) is 16.8. The average molecular weight is 2120 g/mol. The number of pyridine rings is 6. The van der Waals surface area contributed by atoms with Crippen molar-refractivity contribution in [3.8, 4) is 56.8 Å². The Morgan fingerprint density at radius 1 is 0.450 bits per heavy atom. The molecule has 10 aromatic rings. The number of nitrogens with one attached hydrogen (secondary N) is 1. The van der Waals surface area contributed by atoms with Gasteiger partial charge in [-0.3, -0.25) is 38.9 Å². The molecule has 0 radical (unpaired) electrons. The van der Waals surface area contributed by atoms with Gasteiger partial charge in [-0.1, -0.05) is 66.3 Å². The number of anilines is 2. The van der Waals surface area contributed by atoms with Crippen molar-refractivity contribution in [1.29, 1.82) is 0 Å². The second kappa shape index (κ2) is 44.8. The van der Waals surface area contributed by atoms with Crippen LogP contribution in [-0.4, -0.2) is 227 Å². The first kappa shape index (κ1) is 106. The number of carboxylic acid groups (broad SMARTS) is 1. The Morgan fingerprint density at radius 2 is 0.771 bits per heavy atom. The number of halogens is 15. The molecule has 6 aromatic heterocycles. The van der Waals surface area contributed by atoms with Crippen LogP contribution in [-0.2, 0) is 44.6 Å². The first-order valence-electron chi connectivity index (χ1n) is 43.8. The van der Waals surface area contributed by atoms with Gasteiger partial charge in [0.25, 0.3) is 47.3 Å². The van der Waals surface area contributed by atoms with E-state index in [4.69, 9.17) is 120 Å². The minimum atomic E-state index is -2.82. The Hall–Kier alpha value is -11.5. The molecule has 5 fully saturated rings. The summed E-state index contributed by atoms with van der Waals surface area (Å²) in [5.74, 6) is -10.5. The molecule has 27 nitrogen and oxygen atoms in total. The first-order valence-corrected chi connectivity index (χ1v) is 47.2. The van der Waals surface area contributed by atoms with Crippen LogP contribution in [0.4, 0.5) is 46.8 Å².